The van der Waals surface area contributed by atoms with Crippen molar-refractivity contribution >= 4 is 28.0 Å². The number of carbonyl (C=O) groups is 1. The standard InChI is InChI=1S/C23H19F2NOS/c1-15-23(22(27)9-8-16-11-17(24)13-18(25)12-16)20-6-2-3-7-21(20)26(15)14-19-5-4-10-28-19/h2-7,10-13H,8-9,14H2,1H3. The fourth-order valence-electron chi connectivity index (χ4n) is 3.68. The summed E-state index contributed by atoms with van der Waals surface area (Å²) in [6.07, 6.45) is 0.508. The molecule has 0 N–H and O–H groups in total. The Morgan fingerprint density at radius 1 is 1.04 bits per heavy atom. The molecule has 4 rings (SSSR count). The lowest BCUT2D eigenvalue weighted by molar-refractivity contribution is 0.0983. The van der Waals surface area contributed by atoms with E-state index in [1.54, 1.807) is 11.3 Å². The average molecular weight is 395 g/mol. The summed E-state index contributed by atoms with van der Waals surface area (Å²) in [5.74, 6) is -1.25. The van der Waals surface area contributed by atoms with Gasteiger partial charge in [0.1, 0.15) is 11.6 Å². The summed E-state index contributed by atoms with van der Waals surface area (Å²) in [6, 6.07) is 15.4. The van der Waals surface area contributed by atoms with Gasteiger partial charge in [-0.25, -0.2) is 8.78 Å². The van der Waals surface area contributed by atoms with Crippen molar-refractivity contribution < 1.29 is 13.6 Å². The topological polar surface area (TPSA) is 22.0 Å². The molecule has 0 bridgehead atoms. The van der Waals surface area contributed by atoms with Gasteiger partial charge in [-0.2, -0.15) is 0 Å². The van der Waals surface area contributed by atoms with Gasteiger partial charge >= 0.3 is 0 Å². The Kier molecular flexibility index (Phi) is 5.09. The van der Waals surface area contributed by atoms with Crippen LogP contribution in [0.25, 0.3) is 10.9 Å². The Labute approximate surface area is 166 Å². The summed E-state index contributed by atoms with van der Waals surface area (Å²) in [5, 5.41) is 2.97. The first kappa shape index (κ1) is 18.6. The van der Waals surface area contributed by atoms with Crippen molar-refractivity contribution in [2.45, 2.75) is 26.3 Å². The van der Waals surface area contributed by atoms with Crippen molar-refractivity contribution in [3.8, 4) is 0 Å². The third kappa shape index (κ3) is 3.62. The molecule has 4 aromatic rings. The Hall–Kier alpha value is -2.79. The van der Waals surface area contributed by atoms with Crippen LogP contribution in [0.4, 0.5) is 8.78 Å². The number of rotatable bonds is 6. The van der Waals surface area contributed by atoms with Gasteiger partial charge in [0.05, 0.1) is 6.54 Å². The summed E-state index contributed by atoms with van der Waals surface area (Å²) in [7, 11) is 0. The maximum absolute atomic E-state index is 13.4. The first-order valence-electron chi connectivity index (χ1n) is 9.11. The van der Waals surface area contributed by atoms with Gasteiger partial charge in [0.25, 0.3) is 0 Å². The number of nitrogens with zero attached hydrogens (tertiary/aromatic N) is 1. The fraction of sp³-hybridized carbons (Fsp3) is 0.174. The Bertz CT molecular complexity index is 1120. The lowest BCUT2D eigenvalue weighted by Crippen LogP contribution is -2.06. The number of carbonyl (C=O) groups excluding carboxylic acids is 1. The highest BCUT2D eigenvalue weighted by atomic mass is 32.1. The van der Waals surface area contributed by atoms with E-state index in [0.29, 0.717) is 24.1 Å². The van der Waals surface area contributed by atoms with Crippen molar-refractivity contribution in [1.82, 2.24) is 4.57 Å². The minimum Gasteiger partial charge on any atom is -0.339 e. The zero-order chi connectivity index (χ0) is 19.7. The Morgan fingerprint density at radius 2 is 1.79 bits per heavy atom. The summed E-state index contributed by atoms with van der Waals surface area (Å²) in [4.78, 5) is 14.3. The van der Waals surface area contributed by atoms with Crippen LogP contribution in [-0.2, 0) is 13.0 Å². The molecule has 0 saturated heterocycles. The number of hydrogen-bond acceptors (Lipinski definition) is 2. The number of para-hydroxylation sites is 1. The summed E-state index contributed by atoms with van der Waals surface area (Å²) in [5.41, 5.74) is 3.13. The zero-order valence-corrected chi connectivity index (χ0v) is 16.2. The molecule has 28 heavy (non-hydrogen) atoms. The van der Waals surface area contributed by atoms with Crippen LogP contribution in [0.3, 0.4) is 0 Å². The normalized spacial score (nSPS) is 11.2. The first-order valence-corrected chi connectivity index (χ1v) is 9.99. The van der Waals surface area contributed by atoms with E-state index in [9.17, 15) is 13.6 Å². The monoisotopic (exact) mass is 395 g/mol. The van der Waals surface area contributed by atoms with Gasteiger partial charge in [0, 0.05) is 39.5 Å². The molecule has 0 aliphatic heterocycles. The van der Waals surface area contributed by atoms with E-state index in [1.165, 1.54) is 17.0 Å². The molecule has 2 aromatic heterocycles. The minimum atomic E-state index is -0.619. The van der Waals surface area contributed by atoms with Crippen LogP contribution in [-0.4, -0.2) is 10.4 Å². The average Bonchev–Trinajstić information content (AvgIpc) is 3.26. The predicted molar refractivity (Wildman–Crippen MR) is 109 cm³/mol. The van der Waals surface area contributed by atoms with Gasteiger partial charge in [-0.15, -0.1) is 11.3 Å². The maximum Gasteiger partial charge on any atom is 0.165 e. The predicted octanol–water partition coefficient (Wildman–Crippen LogP) is 6.15. The van der Waals surface area contributed by atoms with Crippen LogP contribution in [0.5, 0.6) is 0 Å². The van der Waals surface area contributed by atoms with Crippen LogP contribution >= 0.6 is 11.3 Å². The van der Waals surface area contributed by atoms with Crippen molar-refractivity contribution in [1.29, 1.82) is 0 Å². The maximum atomic E-state index is 13.4. The van der Waals surface area contributed by atoms with Crippen molar-refractivity contribution in [2.24, 2.45) is 0 Å². The summed E-state index contributed by atoms with van der Waals surface area (Å²) >= 11 is 1.69. The largest absolute Gasteiger partial charge is 0.339 e. The zero-order valence-electron chi connectivity index (χ0n) is 15.4. The Morgan fingerprint density at radius 3 is 2.50 bits per heavy atom. The Balaban J connectivity index is 1.66. The van der Waals surface area contributed by atoms with E-state index in [4.69, 9.17) is 0 Å². The van der Waals surface area contributed by atoms with Gasteiger partial charge in [0.2, 0.25) is 0 Å². The number of fused-ring (bicyclic) bond motifs is 1. The fourth-order valence-corrected chi connectivity index (χ4v) is 4.38. The smallest absolute Gasteiger partial charge is 0.165 e. The number of benzene rings is 2. The number of aromatic nitrogens is 1. The van der Waals surface area contributed by atoms with Crippen LogP contribution in [0.2, 0.25) is 0 Å². The highest BCUT2D eigenvalue weighted by Gasteiger charge is 2.20. The highest BCUT2D eigenvalue weighted by Crippen LogP contribution is 2.29. The molecule has 0 radical (unpaired) electrons. The van der Waals surface area contributed by atoms with Crippen molar-refractivity contribution in [3.05, 3.63) is 93.3 Å². The van der Waals surface area contributed by atoms with E-state index in [1.807, 2.05) is 42.6 Å². The number of aryl methyl sites for hydroxylation is 1. The summed E-state index contributed by atoms with van der Waals surface area (Å²) < 4.78 is 29.0. The molecule has 0 amide bonds. The van der Waals surface area contributed by atoms with Crippen molar-refractivity contribution in [3.63, 3.8) is 0 Å². The van der Waals surface area contributed by atoms with Gasteiger partial charge in [-0.05, 0) is 48.6 Å². The second-order valence-electron chi connectivity index (χ2n) is 6.84. The molecule has 0 atom stereocenters. The minimum absolute atomic E-state index is 0.0108. The lowest BCUT2D eigenvalue weighted by atomic mass is 10.0. The lowest BCUT2D eigenvalue weighted by Gasteiger charge is -2.07. The molecule has 0 unspecified atom stereocenters. The van der Waals surface area contributed by atoms with Crippen LogP contribution in [0, 0.1) is 18.6 Å². The van der Waals surface area contributed by atoms with E-state index in [-0.39, 0.29) is 12.2 Å². The molecule has 0 aliphatic carbocycles. The van der Waals surface area contributed by atoms with Crippen LogP contribution in [0.1, 0.15) is 32.9 Å². The van der Waals surface area contributed by atoms with Gasteiger partial charge in [-0.1, -0.05) is 24.3 Å². The third-order valence-corrected chi connectivity index (χ3v) is 5.83. The van der Waals surface area contributed by atoms with Crippen molar-refractivity contribution in [2.75, 3.05) is 0 Å². The van der Waals surface area contributed by atoms with E-state index >= 15 is 0 Å². The molecular formula is C23H19F2NOS. The van der Waals surface area contributed by atoms with Crippen LogP contribution in [0.15, 0.2) is 60.0 Å². The summed E-state index contributed by atoms with van der Waals surface area (Å²) in [6.45, 7) is 2.68. The number of ketones is 1. The van der Waals surface area contributed by atoms with Crippen LogP contribution < -0.4 is 0 Å². The second kappa shape index (κ2) is 7.68. The molecule has 2 aromatic carbocycles. The highest BCUT2D eigenvalue weighted by molar-refractivity contribution is 7.09. The second-order valence-corrected chi connectivity index (χ2v) is 7.88. The van der Waals surface area contributed by atoms with Gasteiger partial charge in [-0.3, -0.25) is 4.79 Å². The number of Topliss-reactive ketones (excluding diaryl/α,β-unsaturated/α-hetero) is 1. The molecule has 0 fully saturated rings. The SMILES string of the molecule is Cc1c(C(=O)CCc2cc(F)cc(F)c2)c2ccccc2n1Cc1cccs1. The molecule has 142 valence electrons. The molecule has 5 heteroatoms. The molecule has 0 spiro atoms. The quantitative estimate of drug-likeness (QED) is 0.359. The number of thiophene rings is 1. The number of halogens is 2. The molecular weight excluding hydrogens is 376 g/mol. The molecule has 2 heterocycles. The molecule has 0 aliphatic rings. The van der Waals surface area contributed by atoms with E-state index in [0.717, 1.165) is 22.7 Å². The first-order chi connectivity index (χ1) is 13.5. The van der Waals surface area contributed by atoms with Gasteiger partial charge < -0.3 is 4.57 Å². The molecule has 2 nitrogen and oxygen atoms in total. The molecule has 0 saturated carbocycles. The van der Waals surface area contributed by atoms with E-state index < -0.39 is 11.6 Å². The van der Waals surface area contributed by atoms with E-state index in [2.05, 4.69) is 10.6 Å². The van der Waals surface area contributed by atoms with Gasteiger partial charge in [0.15, 0.2) is 5.78 Å². The number of hydrogen-bond donors (Lipinski definition) is 0. The third-order valence-electron chi connectivity index (χ3n) is 4.97.